The summed E-state index contributed by atoms with van der Waals surface area (Å²) >= 11 is 0. The second-order valence-electron chi connectivity index (χ2n) is 4.64. The number of ketones is 1. The smallest absolute Gasteiger partial charge is 0.140 e. The number of rotatable bonds is 4. The second kappa shape index (κ2) is 4.59. The fourth-order valence-electron chi connectivity index (χ4n) is 1.83. The van der Waals surface area contributed by atoms with Crippen molar-refractivity contribution in [2.45, 2.75) is 40.0 Å². The lowest BCUT2D eigenvalue weighted by Crippen LogP contribution is -2.27. The largest absolute Gasteiger partial charge is 0.299 e. The Morgan fingerprint density at radius 3 is 2.57 bits per heavy atom. The van der Waals surface area contributed by atoms with Crippen molar-refractivity contribution in [3.8, 4) is 0 Å². The van der Waals surface area contributed by atoms with Crippen LogP contribution in [0.3, 0.4) is 0 Å². The molecular formula is C13H20O. The number of allylic oxidation sites excluding steroid dienone is 4. The molecule has 1 atom stereocenters. The van der Waals surface area contributed by atoms with Crippen LogP contribution in [0.25, 0.3) is 0 Å². The standard InChI is InChI=1S/C13H20O/c1-11(2)7-10-13(12(3)14)8-5-4-6-9-13/h4-6,8,11H,7,9-10H2,1-3H3. The van der Waals surface area contributed by atoms with Gasteiger partial charge in [0, 0.05) is 0 Å². The van der Waals surface area contributed by atoms with Crippen LogP contribution >= 0.6 is 0 Å². The molecule has 0 aromatic rings. The molecule has 0 heterocycles. The van der Waals surface area contributed by atoms with Crippen molar-refractivity contribution >= 4 is 5.78 Å². The van der Waals surface area contributed by atoms with Crippen molar-refractivity contribution in [3.63, 3.8) is 0 Å². The molecule has 0 fully saturated rings. The van der Waals surface area contributed by atoms with Crippen molar-refractivity contribution in [3.05, 3.63) is 24.3 Å². The molecule has 14 heavy (non-hydrogen) atoms. The minimum absolute atomic E-state index is 0.195. The molecule has 1 heteroatoms. The lowest BCUT2D eigenvalue weighted by atomic mass is 9.74. The van der Waals surface area contributed by atoms with E-state index in [1.54, 1.807) is 6.92 Å². The van der Waals surface area contributed by atoms with Crippen molar-refractivity contribution < 1.29 is 4.79 Å². The monoisotopic (exact) mass is 192 g/mol. The average Bonchev–Trinajstić information content (AvgIpc) is 2.16. The molecule has 0 aromatic carbocycles. The van der Waals surface area contributed by atoms with Crippen molar-refractivity contribution in [2.24, 2.45) is 11.3 Å². The number of Topliss-reactive ketones (excluding diaryl/α,β-unsaturated/α-hetero) is 1. The molecule has 78 valence electrons. The first-order valence-electron chi connectivity index (χ1n) is 5.42. The van der Waals surface area contributed by atoms with Gasteiger partial charge < -0.3 is 0 Å². The van der Waals surface area contributed by atoms with Gasteiger partial charge in [0.05, 0.1) is 5.41 Å². The van der Waals surface area contributed by atoms with Crippen LogP contribution in [0, 0.1) is 11.3 Å². The van der Waals surface area contributed by atoms with Gasteiger partial charge in [0.1, 0.15) is 5.78 Å². The van der Waals surface area contributed by atoms with Gasteiger partial charge in [0.2, 0.25) is 0 Å². The zero-order valence-electron chi connectivity index (χ0n) is 9.42. The van der Waals surface area contributed by atoms with E-state index in [-0.39, 0.29) is 5.41 Å². The zero-order valence-corrected chi connectivity index (χ0v) is 9.42. The first-order valence-corrected chi connectivity index (χ1v) is 5.42. The van der Waals surface area contributed by atoms with Crippen LogP contribution in [0.5, 0.6) is 0 Å². The maximum atomic E-state index is 11.6. The highest BCUT2D eigenvalue weighted by Crippen LogP contribution is 2.35. The summed E-state index contributed by atoms with van der Waals surface area (Å²) in [6.07, 6.45) is 11.2. The Kier molecular flexibility index (Phi) is 3.68. The van der Waals surface area contributed by atoms with E-state index >= 15 is 0 Å². The van der Waals surface area contributed by atoms with E-state index in [2.05, 4.69) is 26.0 Å². The molecule has 1 nitrogen and oxygen atoms in total. The van der Waals surface area contributed by atoms with E-state index in [4.69, 9.17) is 0 Å². The lowest BCUT2D eigenvalue weighted by Gasteiger charge is -2.29. The summed E-state index contributed by atoms with van der Waals surface area (Å²) < 4.78 is 0. The van der Waals surface area contributed by atoms with Gasteiger partial charge in [0.25, 0.3) is 0 Å². The Bertz CT molecular complexity index is 260. The topological polar surface area (TPSA) is 17.1 Å². The lowest BCUT2D eigenvalue weighted by molar-refractivity contribution is -0.124. The Balaban J connectivity index is 2.68. The number of hydrogen-bond acceptors (Lipinski definition) is 1. The molecule has 0 aromatic heterocycles. The molecule has 0 amide bonds. The number of carbonyl (C=O) groups excluding carboxylic acids is 1. The summed E-state index contributed by atoms with van der Waals surface area (Å²) in [6, 6.07) is 0. The fourth-order valence-corrected chi connectivity index (χ4v) is 1.83. The fraction of sp³-hybridized carbons (Fsp3) is 0.615. The third-order valence-electron chi connectivity index (χ3n) is 3.01. The van der Waals surface area contributed by atoms with Crippen LogP contribution in [0.1, 0.15) is 40.0 Å². The summed E-state index contributed by atoms with van der Waals surface area (Å²) in [5.41, 5.74) is -0.195. The Hall–Kier alpha value is -0.850. The Morgan fingerprint density at radius 2 is 2.14 bits per heavy atom. The molecular weight excluding hydrogens is 172 g/mol. The van der Waals surface area contributed by atoms with Gasteiger partial charge in [-0.25, -0.2) is 0 Å². The molecule has 1 unspecified atom stereocenters. The summed E-state index contributed by atoms with van der Waals surface area (Å²) in [5.74, 6) is 0.976. The summed E-state index contributed by atoms with van der Waals surface area (Å²) in [7, 11) is 0. The zero-order chi connectivity index (χ0) is 10.6. The minimum Gasteiger partial charge on any atom is -0.299 e. The Morgan fingerprint density at radius 1 is 1.43 bits per heavy atom. The summed E-state index contributed by atoms with van der Waals surface area (Å²) in [5, 5.41) is 0. The van der Waals surface area contributed by atoms with Gasteiger partial charge in [-0.1, -0.05) is 38.2 Å². The summed E-state index contributed by atoms with van der Waals surface area (Å²) in [6.45, 7) is 6.12. The predicted octanol–water partition coefficient (Wildman–Crippen LogP) is 3.51. The molecule has 1 aliphatic carbocycles. The molecule has 0 saturated carbocycles. The summed E-state index contributed by atoms with van der Waals surface area (Å²) in [4.78, 5) is 11.6. The Labute approximate surface area is 86.9 Å². The van der Waals surface area contributed by atoms with E-state index in [0.717, 1.165) is 19.3 Å². The normalized spacial score (nSPS) is 25.7. The minimum atomic E-state index is -0.195. The SMILES string of the molecule is CC(=O)C1(CCC(C)C)C=CC=CC1. The van der Waals surface area contributed by atoms with Gasteiger partial charge in [-0.15, -0.1) is 0 Å². The molecule has 0 saturated heterocycles. The third kappa shape index (κ3) is 2.57. The first-order chi connectivity index (χ1) is 6.57. The molecule has 0 spiro atoms. The number of hydrogen-bond donors (Lipinski definition) is 0. The van der Waals surface area contributed by atoms with Gasteiger partial charge in [0.15, 0.2) is 0 Å². The van der Waals surface area contributed by atoms with Crippen LogP contribution in [0.4, 0.5) is 0 Å². The van der Waals surface area contributed by atoms with Crippen LogP contribution in [0.15, 0.2) is 24.3 Å². The number of carbonyl (C=O) groups is 1. The van der Waals surface area contributed by atoms with E-state index in [1.165, 1.54) is 0 Å². The first kappa shape index (κ1) is 11.2. The van der Waals surface area contributed by atoms with Gasteiger partial charge in [-0.05, 0) is 32.1 Å². The molecule has 1 aliphatic rings. The highest BCUT2D eigenvalue weighted by Gasteiger charge is 2.31. The van der Waals surface area contributed by atoms with Crippen molar-refractivity contribution in [2.75, 3.05) is 0 Å². The van der Waals surface area contributed by atoms with E-state index < -0.39 is 0 Å². The van der Waals surface area contributed by atoms with Crippen molar-refractivity contribution in [1.82, 2.24) is 0 Å². The molecule has 0 radical (unpaired) electrons. The molecule has 0 aliphatic heterocycles. The van der Waals surface area contributed by atoms with Crippen LogP contribution < -0.4 is 0 Å². The van der Waals surface area contributed by atoms with Crippen LogP contribution in [0.2, 0.25) is 0 Å². The van der Waals surface area contributed by atoms with Crippen molar-refractivity contribution in [1.29, 1.82) is 0 Å². The van der Waals surface area contributed by atoms with Gasteiger partial charge >= 0.3 is 0 Å². The van der Waals surface area contributed by atoms with Gasteiger partial charge in [-0.3, -0.25) is 4.79 Å². The van der Waals surface area contributed by atoms with Gasteiger partial charge in [-0.2, -0.15) is 0 Å². The second-order valence-corrected chi connectivity index (χ2v) is 4.64. The average molecular weight is 192 g/mol. The molecule has 0 N–H and O–H groups in total. The maximum Gasteiger partial charge on any atom is 0.140 e. The predicted molar refractivity (Wildman–Crippen MR) is 60.1 cm³/mol. The highest BCUT2D eigenvalue weighted by molar-refractivity contribution is 5.84. The van der Waals surface area contributed by atoms with Crippen LogP contribution in [-0.2, 0) is 4.79 Å². The molecule has 0 bridgehead atoms. The molecule has 1 rings (SSSR count). The highest BCUT2D eigenvalue weighted by atomic mass is 16.1. The maximum absolute atomic E-state index is 11.6. The quantitative estimate of drug-likeness (QED) is 0.666. The third-order valence-corrected chi connectivity index (χ3v) is 3.01. The van der Waals surface area contributed by atoms with E-state index in [9.17, 15) is 4.79 Å². The van der Waals surface area contributed by atoms with E-state index in [1.807, 2.05) is 12.2 Å². The van der Waals surface area contributed by atoms with E-state index in [0.29, 0.717) is 11.7 Å². The van der Waals surface area contributed by atoms with Crippen LogP contribution in [-0.4, -0.2) is 5.78 Å².